The number of carbonyl (C=O) groups excluding carboxylic acids is 2. The Labute approximate surface area is 186 Å². The molecule has 1 fully saturated rings. The minimum atomic E-state index is -0.544. The predicted molar refractivity (Wildman–Crippen MR) is 122 cm³/mol. The van der Waals surface area contributed by atoms with Gasteiger partial charge in [0.2, 0.25) is 11.9 Å². The van der Waals surface area contributed by atoms with Gasteiger partial charge in [0, 0.05) is 25.3 Å². The Morgan fingerprint density at radius 1 is 1.19 bits per heavy atom. The second-order valence-electron chi connectivity index (χ2n) is 7.92. The summed E-state index contributed by atoms with van der Waals surface area (Å²) in [4.78, 5) is 26.7. The Morgan fingerprint density at radius 2 is 1.94 bits per heavy atom. The van der Waals surface area contributed by atoms with Gasteiger partial charge < -0.3 is 15.0 Å². The molecule has 0 atom stereocenters. The van der Waals surface area contributed by atoms with Crippen LogP contribution in [-0.2, 0) is 16.1 Å². The Balaban J connectivity index is 1.59. The van der Waals surface area contributed by atoms with E-state index in [9.17, 15) is 9.59 Å². The summed E-state index contributed by atoms with van der Waals surface area (Å²) in [5.41, 5.74) is 2.72. The van der Waals surface area contributed by atoms with Gasteiger partial charge in [-0.15, -0.1) is 10.2 Å². The third-order valence-electron chi connectivity index (χ3n) is 4.98. The van der Waals surface area contributed by atoms with Crippen LogP contribution in [-0.4, -0.2) is 58.8 Å². The van der Waals surface area contributed by atoms with Gasteiger partial charge in [-0.2, -0.15) is 0 Å². The molecule has 3 amide bonds. The van der Waals surface area contributed by atoms with Crippen molar-refractivity contribution in [3.8, 4) is 0 Å². The predicted octanol–water partition coefficient (Wildman–Crippen LogP) is 2.83. The zero-order chi connectivity index (χ0) is 22.4. The third-order valence-corrected chi connectivity index (χ3v) is 5.94. The van der Waals surface area contributed by atoms with E-state index in [4.69, 9.17) is 4.74 Å². The van der Waals surface area contributed by atoms with Crippen molar-refractivity contribution < 1.29 is 14.3 Å². The number of imide groups is 1. The SMILES string of the molecule is Cc1cccc(NC(=O)NC(=O)CSc2nnc(N3CCOCC3)n2CC(C)C)c1C. The first-order valence-electron chi connectivity index (χ1n) is 10.4. The number of nitrogens with zero attached hydrogens (tertiary/aromatic N) is 4. The first-order chi connectivity index (χ1) is 14.8. The fourth-order valence-electron chi connectivity index (χ4n) is 3.24. The van der Waals surface area contributed by atoms with Crippen molar-refractivity contribution in [3.63, 3.8) is 0 Å². The van der Waals surface area contributed by atoms with Gasteiger partial charge in [-0.25, -0.2) is 4.79 Å². The van der Waals surface area contributed by atoms with Crippen LogP contribution in [0.4, 0.5) is 16.4 Å². The number of rotatable bonds is 7. The lowest BCUT2D eigenvalue weighted by Gasteiger charge is -2.28. The first-order valence-corrected chi connectivity index (χ1v) is 11.4. The number of morpholine rings is 1. The van der Waals surface area contributed by atoms with Crippen LogP contribution in [0.1, 0.15) is 25.0 Å². The first kappa shape index (κ1) is 23.1. The second-order valence-corrected chi connectivity index (χ2v) is 8.87. The molecule has 0 bridgehead atoms. The Hall–Kier alpha value is -2.59. The van der Waals surface area contributed by atoms with Gasteiger partial charge in [0.15, 0.2) is 5.16 Å². The van der Waals surface area contributed by atoms with E-state index in [2.05, 4.69) is 39.6 Å². The summed E-state index contributed by atoms with van der Waals surface area (Å²) in [5, 5.41) is 14.4. The molecule has 0 unspecified atom stereocenters. The molecule has 1 aromatic carbocycles. The molecule has 31 heavy (non-hydrogen) atoms. The molecule has 1 aliphatic rings. The molecule has 9 nitrogen and oxygen atoms in total. The smallest absolute Gasteiger partial charge is 0.325 e. The molecule has 0 spiro atoms. The van der Waals surface area contributed by atoms with Gasteiger partial charge in [0.25, 0.3) is 0 Å². The fraction of sp³-hybridized carbons (Fsp3) is 0.524. The highest BCUT2D eigenvalue weighted by atomic mass is 32.2. The number of aryl methyl sites for hydroxylation is 1. The summed E-state index contributed by atoms with van der Waals surface area (Å²) in [7, 11) is 0. The topological polar surface area (TPSA) is 101 Å². The Morgan fingerprint density at radius 3 is 2.65 bits per heavy atom. The number of hydrogen-bond donors (Lipinski definition) is 2. The maximum atomic E-state index is 12.3. The van der Waals surface area contributed by atoms with E-state index in [-0.39, 0.29) is 11.7 Å². The maximum absolute atomic E-state index is 12.3. The van der Waals surface area contributed by atoms with Crippen molar-refractivity contribution in [1.82, 2.24) is 20.1 Å². The van der Waals surface area contributed by atoms with Crippen LogP contribution in [0.3, 0.4) is 0 Å². The van der Waals surface area contributed by atoms with E-state index in [1.807, 2.05) is 36.6 Å². The van der Waals surface area contributed by atoms with Gasteiger partial charge >= 0.3 is 6.03 Å². The molecule has 2 heterocycles. The highest BCUT2D eigenvalue weighted by molar-refractivity contribution is 7.99. The van der Waals surface area contributed by atoms with E-state index >= 15 is 0 Å². The molecule has 2 aromatic rings. The number of urea groups is 1. The van der Waals surface area contributed by atoms with Gasteiger partial charge in [-0.3, -0.25) is 14.7 Å². The number of ether oxygens (including phenoxy) is 1. The molecular formula is C21H30N6O3S. The summed E-state index contributed by atoms with van der Waals surface area (Å²) in [5.74, 6) is 0.874. The van der Waals surface area contributed by atoms with E-state index in [0.717, 1.165) is 36.7 Å². The van der Waals surface area contributed by atoms with Crippen molar-refractivity contribution in [2.24, 2.45) is 5.92 Å². The summed E-state index contributed by atoms with van der Waals surface area (Å²) >= 11 is 1.28. The monoisotopic (exact) mass is 446 g/mol. The molecular weight excluding hydrogens is 416 g/mol. The van der Waals surface area contributed by atoms with Gasteiger partial charge in [-0.1, -0.05) is 37.7 Å². The quantitative estimate of drug-likeness (QED) is 0.631. The van der Waals surface area contributed by atoms with Crippen LogP contribution >= 0.6 is 11.8 Å². The summed E-state index contributed by atoms with van der Waals surface area (Å²) in [6.07, 6.45) is 0. The standard InChI is InChI=1S/C21H30N6O3S/c1-14(2)12-27-20(26-8-10-30-11-9-26)24-25-21(27)31-13-18(28)23-19(29)22-17-7-5-6-15(3)16(17)4/h5-7,14H,8-13H2,1-4H3,(H2,22,23,28,29). The number of anilines is 2. The molecule has 168 valence electrons. The minimum absolute atomic E-state index is 0.0690. The largest absolute Gasteiger partial charge is 0.378 e. The maximum Gasteiger partial charge on any atom is 0.325 e. The van der Waals surface area contributed by atoms with Crippen LogP contribution < -0.4 is 15.5 Å². The molecule has 0 aliphatic carbocycles. The second kappa shape index (κ2) is 10.6. The summed E-state index contributed by atoms with van der Waals surface area (Å²) in [6, 6.07) is 5.10. The summed E-state index contributed by atoms with van der Waals surface area (Å²) in [6.45, 7) is 11.7. The average molecular weight is 447 g/mol. The zero-order valence-corrected chi connectivity index (χ0v) is 19.3. The van der Waals surface area contributed by atoms with Crippen molar-refractivity contribution in [2.75, 3.05) is 42.3 Å². The van der Waals surface area contributed by atoms with Gasteiger partial charge in [0.1, 0.15) is 0 Å². The van der Waals surface area contributed by atoms with Crippen molar-refractivity contribution in [1.29, 1.82) is 0 Å². The Bertz CT molecular complexity index is 924. The van der Waals surface area contributed by atoms with Crippen LogP contribution in [0.25, 0.3) is 0 Å². The van der Waals surface area contributed by atoms with Crippen LogP contribution in [0.15, 0.2) is 23.4 Å². The molecule has 2 N–H and O–H groups in total. The lowest BCUT2D eigenvalue weighted by atomic mass is 10.1. The molecule has 3 rings (SSSR count). The number of carbonyl (C=O) groups is 2. The highest BCUT2D eigenvalue weighted by Crippen LogP contribution is 2.24. The van der Waals surface area contributed by atoms with E-state index in [1.54, 1.807) is 0 Å². The molecule has 1 aromatic heterocycles. The van der Waals surface area contributed by atoms with E-state index in [1.165, 1.54) is 11.8 Å². The third kappa shape index (κ3) is 6.20. The molecule has 0 saturated carbocycles. The van der Waals surface area contributed by atoms with Gasteiger partial charge in [0.05, 0.1) is 19.0 Å². The number of benzene rings is 1. The van der Waals surface area contributed by atoms with Gasteiger partial charge in [-0.05, 0) is 37.0 Å². The lowest BCUT2D eigenvalue weighted by molar-refractivity contribution is -0.117. The van der Waals surface area contributed by atoms with Crippen LogP contribution in [0.2, 0.25) is 0 Å². The van der Waals surface area contributed by atoms with E-state index in [0.29, 0.717) is 30.0 Å². The molecule has 10 heteroatoms. The van der Waals surface area contributed by atoms with Crippen molar-refractivity contribution >= 4 is 35.3 Å². The lowest BCUT2D eigenvalue weighted by Crippen LogP contribution is -2.38. The average Bonchev–Trinajstić information content (AvgIpc) is 3.12. The zero-order valence-electron chi connectivity index (χ0n) is 18.5. The minimum Gasteiger partial charge on any atom is -0.378 e. The van der Waals surface area contributed by atoms with Crippen molar-refractivity contribution in [3.05, 3.63) is 29.3 Å². The molecule has 1 aliphatic heterocycles. The number of amides is 3. The normalized spacial score (nSPS) is 14.0. The van der Waals surface area contributed by atoms with Crippen molar-refractivity contribution in [2.45, 2.75) is 39.4 Å². The van der Waals surface area contributed by atoms with E-state index < -0.39 is 6.03 Å². The summed E-state index contributed by atoms with van der Waals surface area (Å²) < 4.78 is 7.47. The number of thioether (sulfide) groups is 1. The molecule has 1 saturated heterocycles. The van der Waals surface area contributed by atoms with Crippen LogP contribution in [0.5, 0.6) is 0 Å². The number of hydrogen-bond acceptors (Lipinski definition) is 7. The molecule has 0 radical (unpaired) electrons. The Kier molecular flexibility index (Phi) is 7.91. The number of nitrogens with one attached hydrogen (secondary N) is 2. The highest BCUT2D eigenvalue weighted by Gasteiger charge is 2.22. The fourth-order valence-corrected chi connectivity index (χ4v) is 3.99. The van der Waals surface area contributed by atoms with Crippen LogP contribution in [0, 0.1) is 19.8 Å². The number of aromatic nitrogens is 3.